The fourth-order valence-corrected chi connectivity index (χ4v) is 2.34. The van der Waals surface area contributed by atoms with Crippen LogP contribution in [-0.2, 0) is 4.79 Å². The van der Waals surface area contributed by atoms with Gasteiger partial charge in [-0.05, 0) is 23.7 Å². The quantitative estimate of drug-likeness (QED) is 0.386. The first kappa shape index (κ1) is 7.59. The van der Waals surface area contributed by atoms with E-state index in [1.807, 2.05) is 0 Å². The summed E-state index contributed by atoms with van der Waals surface area (Å²) in [6.45, 7) is 0.612. The molecule has 50 valence electrons. The smallest absolute Gasteiger partial charge is 0.182 e. The standard InChI is InChI=1S/C3H3BrN2OS2/c4-6-1-5-3(9-6)8-2-7/h2H,1H2. The number of halogens is 1. The molecule has 0 spiro atoms. The molecule has 0 amide bonds. The van der Waals surface area contributed by atoms with Crippen LogP contribution in [0.1, 0.15) is 0 Å². The Kier molecular flexibility index (Phi) is 3.03. The van der Waals surface area contributed by atoms with Crippen molar-refractivity contribution in [3.05, 3.63) is 0 Å². The average molecular weight is 227 g/mol. The fourth-order valence-electron chi connectivity index (χ4n) is 0.356. The van der Waals surface area contributed by atoms with Crippen molar-refractivity contribution in [1.82, 2.24) is 3.33 Å². The highest BCUT2D eigenvalue weighted by molar-refractivity contribution is 9.09. The second kappa shape index (κ2) is 3.60. The van der Waals surface area contributed by atoms with E-state index in [0.29, 0.717) is 6.67 Å². The first-order valence-electron chi connectivity index (χ1n) is 2.09. The van der Waals surface area contributed by atoms with Gasteiger partial charge in [-0.25, -0.2) is 0 Å². The predicted octanol–water partition coefficient (Wildman–Crippen LogP) is 1.50. The van der Waals surface area contributed by atoms with Gasteiger partial charge in [0.05, 0.1) is 0 Å². The summed E-state index contributed by atoms with van der Waals surface area (Å²) in [5.74, 6) is 0. The van der Waals surface area contributed by atoms with Gasteiger partial charge in [0.15, 0.2) is 5.62 Å². The van der Waals surface area contributed by atoms with Crippen molar-refractivity contribution in [2.24, 2.45) is 4.99 Å². The largest absolute Gasteiger partial charge is 0.290 e. The van der Waals surface area contributed by atoms with E-state index in [0.717, 1.165) is 21.8 Å². The van der Waals surface area contributed by atoms with E-state index < -0.39 is 0 Å². The summed E-state index contributed by atoms with van der Waals surface area (Å²) in [6.07, 6.45) is 0. The average Bonchev–Trinajstić information content (AvgIpc) is 2.17. The van der Waals surface area contributed by atoms with E-state index in [-0.39, 0.29) is 0 Å². The zero-order valence-electron chi connectivity index (χ0n) is 4.28. The first-order chi connectivity index (χ1) is 4.33. The van der Waals surface area contributed by atoms with Crippen LogP contribution < -0.4 is 0 Å². The molecule has 0 unspecified atom stereocenters. The molecular weight excluding hydrogens is 224 g/mol. The minimum absolute atomic E-state index is 0.612. The predicted molar refractivity (Wildman–Crippen MR) is 45.0 cm³/mol. The van der Waals surface area contributed by atoms with Gasteiger partial charge in [-0.2, -0.15) is 3.33 Å². The van der Waals surface area contributed by atoms with Crippen LogP contribution in [0.3, 0.4) is 0 Å². The fraction of sp³-hybridized carbons (Fsp3) is 0.333. The number of hydrogen-bond acceptors (Lipinski definition) is 5. The molecule has 0 N–H and O–H groups in total. The molecule has 0 aromatic heterocycles. The molecule has 0 aromatic rings. The van der Waals surface area contributed by atoms with Gasteiger partial charge >= 0.3 is 0 Å². The molecule has 9 heavy (non-hydrogen) atoms. The zero-order valence-corrected chi connectivity index (χ0v) is 7.50. The number of aliphatic imine (C=N–C) groups is 1. The molecule has 0 aromatic carbocycles. The lowest BCUT2D eigenvalue weighted by Gasteiger charge is -1.96. The molecule has 0 radical (unpaired) electrons. The molecule has 1 heterocycles. The van der Waals surface area contributed by atoms with E-state index in [2.05, 4.69) is 21.1 Å². The lowest BCUT2D eigenvalue weighted by molar-refractivity contribution is 0.570. The molecule has 1 aliphatic rings. The molecular formula is C3H3BrN2OS2. The third-order valence-corrected chi connectivity index (χ3v) is 2.83. The molecule has 1 rings (SSSR count). The lowest BCUT2D eigenvalue weighted by Crippen LogP contribution is -1.92. The van der Waals surface area contributed by atoms with Crippen LogP contribution in [-0.4, -0.2) is 20.0 Å². The zero-order chi connectivity index (χ0) is 6.69. The van der Waals surface area contributed by atoms with E-state index in [1.165, 1.54) is 11.9 Å². The summed E-state index contributed by atoms with van der Waals surface area (Å²) in [5.41, 5.74) is 0.776. The number of carbonyl (C=O) groups is 1. The first-order valence-corrected chi connectivity index (χ1v) is 4.45. The minimum Gasteiger partial charge on any atom is -0.290 e. The van der Waals surface area contributed by atoms with Gasteiger partial charge in [0.2, 0.25) is 0 Å². The van der Waals surface area contributed by atoms with Crippen LogP contribution in [0.2, 0.25) is 0 Å². The number of hydrogen-bond donors (Lipinski definition) is 0. The van der Waals surface area contributed by atoms with Crippen LogP contribution in [0.4, 0.5) is 0 Å². The monoisotopic (exact) mass is 226 g/mol. The Hall–Kier alpha value is 0.480. The highest BCUT2D eigenvalue weighted by Crippen LogP contribution is 2.28. The van der Waals surface area contributed by atoms with Crippen molar-refractivity contribution < 1.29 is 4.79 Å². The van der Waals surface area contributed by atoms with E-state index in [1.54, 1.807) is 3.33 Å². The number of thioether (sulfide) groups is 1. The molecule has 0 atom stereocenters. The number of carbonyl (C=O) groups excluding carboxylic acids is 1. The minimum atomic E-state index is 0.612. The second-order valence-corrected chi connectivity index (χ2v) is 4.60. The highest BCUT2D eigenvalue weighted by atomic mass is 79.9. The van der Waals surface area contributed by atoms with Crippen molar-refractivity contribution in [2.45, 2.75) is 0 Å². The lowest BCUT2D eigenvalue weighted by atomic mass is 11.2. The second-order valence-electron chi connectivity index (χ2n) is 1.19. The SMILES string of the molecule is O=CSC1=NCN(Br)S1. The van der Waals surface area contributed by atoms with E-state index in [9.17, 15) is 4.79 Å². The molecule has 0 bridgehead atoms. The molecule has 1 aliphatic heterocycles. The van der Waals surface area contributed by atoms with Crippen LogP contribution in [0.15, 0.2) is 4.99 Å². The van der Waals surface area contributed by atoms with Crippen LogP contribution >= 0.6 is 39.9 Å². The maximum Gasteiger partial charge on any atom is 0.182 e. The molecule has 0 saturated heterocycles. The summed E-state index contributed by atoms with van der Waals surface area (Å²) in [4.78, 5) is 13.9. The van der Waals surface area contributed by atoms with Gasteiger partial charge in [-0.15, -0.1) is 0 Å². The third-order valence-electron chi connectivity index (χ3n) is 0.637. The van der Waals surface area contributed by atoms with E-state index >= 15 is 0 Å². The Bertz CT molecular complexity index is 151. The van der Waals surface area contributed by atoms with Gasteiger partial charge < -0.3 is 0 Å². The topological polar surface area (TPSA) is 32.7 Å². The van der Waals surface area contributed by atoms with Crippen molar-refractivity contribution in [3.63, 3.8) is 0 Å². The molecule has 3 nitrogen and oxygen atoms in total. The Morgan fingerprint density at radius 3 is 3.22 bits per heavy atom. The number of rotatable bonds is 1. The van der Waals surface area contributed by atoms with Crippen molar-refractivity contribution in [1.29, 1.82) is 0 Å². The van der Waals surface area contributed by atoms with Crippen LogP contribution in [0.5, 0.6) is 0 Å². The Morgan fingerprint density at radius 1 is 2.00 bits per heavy atom. The molecule has 0 fully saturated rings. The summed E-state index contributed by atoms with van der Waals surface area (Å²) < 4.78 is 2.57. The van der Waals surface area contributed by atoms with Gasteiger partial charge in [-0.1, -0.05) is 0 Å². The Morgan fingerprint density at radius 2 is 2.78 bits per heavy atom. The van der Waals surface area contributed by atoms with Crippen LogP contribution in [0, 0.1) is 0 Å². The molecule has 0 saturated carbocycles. The van der Waals surface area contributed by atoms with Gasteiger partial charge in [0.1, 0.15) is 11.0 Å². The van der Waals surface area contributed by atoms with Crippen molar-refractivity contribution in [2.75, 3.05) is 6.67 Å². The number of nitrogens with zero attached hydrogens (tertiary/aromatic N) is 2. The Balaban J connectivity index is 2.35. The van der Waals surface area contributed by atoms with Gasteiger partial charge in [0.25, 0.3) is 0 Å². The van der Waals surface area contributed by atoms with Crippen molar-refractivity contribution in [3.8, 4) is 0 Å². The summed E-state index contributed by atoms with van der Waals surface area (Å²) in [6, 6.07) is 0. The molecule has 0 aliphatic carbocycles. The normalized spacial score (nSPS) is 19.9. The third kappa shape index (κ3) is 2.29. The maximum absolute atomic E-state index is 9.90. The van der Waals surface area contributed by atoms with Gasteiger partial charge in [0, 0.05) is 16.1 Å². The van der Waals surface area contributed by atoms with Crippen molar-refractivity contribution >= 4 is 49.9 Å². The van der Waals surface area contributed by atoms with E-state index in [4.69, 9.17) is 0 Å². The summed E-state index contributed by atoms with van der Waals surface area (Å²) in [7, 11) is 0. The molecule has 6 heteroatoms. The Labute approximate surface area is 69.7 Å². The van der Waals surface area contributed by atoms with Gasteiger partial charge in [-0.3, -0.25) is 9.79 Å². The summed E-state index contributed by atoms with van der Waals surface area (Å²) >= 11 is 5.73. The summed E-state index contributed by atoms with van der Waals surface area (Å²) in [5, 5.41) is 0. The highest BCUT2D eigenvalue weighted by Gasteiger charge is 2.13. The maximum atomic E-state index is 9.90. The van der Waals surface area contributed by atoms with Crippen LogP contribution in [0.25, 0.3) is 0 Å².